The average molecular weight is 223 g/mol. The predicted octanol–water partition coefficient (Wildman–Crippen LogP) is 0.559. The first-order chi connectivity index (χ1) is 7.86. The van der Waals surface area contributed by atoms with Gasteiger partial charge in [-0.05, 0) is 6.07 Å². The summed E-state index contributed by atoms with van der Waals surface area (Å²) in [7, 11) is 0. The lowest BCUT2D eigenvalue weighted by molar-refractivity contribution is 0.0770. The lowest BCUT2D eigenvalue weighted by atomic mass is 10.1. The Morgan fingerprint density at radius 3 is 2.75 bits per heavy atom. The van der Waals surface area contributed by atoms with Crippen LogP contribution in [0.2, 0.25) is 0 Å². The molecule has 0 saturated heterocycles. The van der Waals surface area contributed by atoms with Crippen molar-refractivity contribution < 1.29 is 19.3 Å². The number of rotatable bonds is 2. The van der Waals surface area contributed by atoms with Gasteiger partial charge in [0.25, 0.3) is 0 Å². The molecule has 2 aliphatic heterocycles. The van der Waals surface area contributed by atoms with Crippen molar-refractivity contribution in [1.82, 2.24) is 4.90 Å². The van der Waals surface area contributed by atoms with Crippen molar-refractivity contribution >= 4 is 0 Å². The molecule has 0 unspecified atom stereocenters. The van der Waals surface area contributed by atoms with Crippen molar-refractivity contribution in [3.63, 3.8) is 0 Å². The number of ether oxygens (including phenoxy) is 3. The Morgan fingerprint density at radius 2 is 1.94 bits per heavy atom. The van der Waals surface area contributed by atoms with E-state index in [4.69, 9.17) is 19.3 Å². The maximum atomic E-state index is 8.88. The van der Waals surface area contributed by atoms with Gasteiger partial charge < -0.3 is 19.3 Å². The third-order valence-corrected chi connectivity index (χ3v) is 2.77. The fourth-order valence-corrected chi connectivity index (χ4v) is 1.96. The molecule has 0 atom stereocenters. The zero-order chi connectivity index (χ0) is 11.0. The van der Waals surface area contributed by atoms with E-state index in [1.165, 1.54) is 0 Å². The molecule has 0 bridgehead atoms. The molecule has 0 amide bonds. The highest BCUT2D eigenvalue weighted by Crippen LogP contribution is 2.39. The molecule has 2 heterocycles. The first-order valence-electron chi connectivity index (χ1n) is 5.25. The van der Waals surface area contributed by atoms with Crippen LogP contribution in [-0.2, 0) is 6.54 Å². The van der Waals surface area contributed by atoms with Crippen LogP contribution in [0.15, 0.2) is 12.1 Å². The molecule has 1 aromatic carbocycles. The van der Waals surface area contributed by atoms with Crippen LogP contribution in [-0.4, -0.2) is 36.7 Å². The van der Waals surface area contributed by atoms with E-state index < -0.39 is 0 Å². The number of aliphatic hydroxyl groups is 1. The maximum Gasteiger partial charge on any atom is 0.231 e. The van der Waals surface area contributed by atoms with E-state index in [2.05, 4.69) is 0 Å². The maximum absolute atomic E-state index is 8.88. The van der Waals surface area contributed by atoms with E-state index in [-0.39, 0.29) is 13.4 Å². The van der Waals surface area contributed by atoms with Crippen molar-refractivity contribution in [2.45, 2.75) is 6.54 Å². The Bertz CT molecular complexity index is 407. The zero-order valence-corrected chi connectivity index (χ0v) is 8.81. The molecule has 3 rings (SSSR count). The molecular formula is C11H13NO4. The van der Waals surface area contributed by atoms with Gasteiger partial charge in [-0.2, -0.15) is 0 Å². The summed E-state index contributed by atoms with van der Waals surface area (Å²) in [4.78, 5) is 2.03. The van der Waals surface area contributed by atoms with E-state index in [0.717, 1.165) is 29.4 Å². The molecule has 5 nitrogen and oxygen atoms in total. The van der Waals surface area contributed by atoms with Crippen LogP contribution in [0.1, 0.15) is 5.56 Å². The lowest BCUT2D eigenvalue weighted by Crippen LogP contribution is -2.34. The largest absolute Gasteiger partial charge is 0.478 e. The van der Waals surface area contributed by atoms with Crippen LogP contribution < -0.4 is 14.2 Å². The van der Waals surface area contributed by atoms with Crippen molar-refractivity contribution in [2.75, 3.05) is 26.7 Å². The molecule has 0 spiro atoms. The molecule has 5 heteroatoms. The number of benzene rings is 1. The first kappa shape index (κ1) is 9.74. The van der Waals surface area contributed by atoms with Gasteiger partial charge in [0.05, 0.1) is 6.61 Å². The average Bonchev–Trinajstić information content (AvgIpc) is 2.73. The molecule has 1 aromatic rings. The summed E-state index contributed by atoms with van der Waals surface area (Å²) in [5.41, 5.74) is 1.07. The molecule has 0 saturated carbocycles. The van der Waals surface area contributed by atoms with Crippen molar-refractivity contribution in [3.8, 4) is 17.2 Å². The highest BCUT2D eigenvalue weighted by Gasteiger charge is 2.22. The summed E-state index contributed by atoms with van der Waals surface area (Å²) >= 11 is 0. The number of fused-ring (bicyclic) bond motifs is 2. The SMILES string of the molecule is OCCN1COc2cc3c(cc2C1)OCO3. The summed E-state index contributed by atoms with van der Waals surface area (Å²) in [6.45, 7) is 2.31. The van der Waals surface area contributed by atoms with Gasteiger partial charge in [-0.25, -0.2) is 0 Å². The van der Waals surface area contributed by atoms with Gasteiger partial charge in [-0.15, -0.1) is 0 Å². The van der Waals surface area contributed by atoms with Crippen molar-refractivity contribution in [2.24, 2.45) is 0 Å². The number of aliphatic hydroxyl groups excluding tert-OH is 1. The van der Waals surface area contributed by atoms with Gasteiger partial charge in [-0.1, -0.05) is 0 Å². The van der Waals surface area contributed by atoms with Crippen LogP contribution in [0.3, 0.4) is 0 Å². The number of β-amino-alcohol motifs (C(OH)–C–C–N with tert-alkyl or cyclic N) is 1. The van der Waals surface area contributed by atoms with Crippen LogP contribution in [0.4, 0.5) is 0 Å². The van der Waals surface area contributed by atoms with E-state index in [9.17, 15) is 0 Å². The summed E-state index contributed by atoms with van der Waals surface area (Å²) < 4.78 is 16.2. The lowest BCUT2D eigenvalue weighted by Gasteiger charge is -2.28. The number of hydrogen-bond donors (Lipinski definition) is 1. The number of hydrogen-bond acceptors (Lipinski definition) is 5. The molecular weight excluding hydrogens is 210 g/mol. The Morgan fingerprint density at radius 1 is 1.12 bits per heavy atom. The summed E-state index contributed by atoms with van der Waals surface area (Å²) in [6, 6.07) is 3.81. The third kappa shape index (κ3) is 1.58. The molecule has 2 aliphatic rings. The monoisotopic (exact) mass is 223 g/mol. The molecule has 0 aliphatic carbocycles. The first-order valence-corrected chi connectivity index (χ1v) is 5.25. The minimum atomic E-state index is 0.142. The highest BCUT2D eigenvalue weighted by atomic mass is 16.7. The van der Waals surface area contributed by atoms with Crippen LogP contribution in [0, 0.1) is 0 Å². The van der Waals surface area contributed by atoms with Gasteiger partial charge in [0, 0.05) is 24.7 Å². The van der Waals surface area contributed by atoms with Gasteiger partial charge in [-0.3, -0.25) is 4.90 Å². The Kier molecular flexibility index (Phi) is 2.34. The van der Waals surface area contributed by atoms with Crippen LogP contribution in [0.5, 0.6) is 17.2 Å². The smallest absolute Gasteiger partial charge is 0.231 e. The Hall–Kier alpha value is -1.46. The number of nitrogens with zero attached hydrogens (tertiary/aromatic N) is 1. The van der Waals surface area contributed by atoms with Crippen LogP contribution in [0.25, 0.3) is 0 Å². The highest BCUT2D eigenvalue weighted by molar-refractivity contribution is 5.52. The van der Waals surface area contributed by atoms with E-state index in [1.54, 1.807) is 0 Å². The molecule has 1 N–H and O–H groups in total. The van der Waals surface area contributed by atoms with Crippen molar-refractivity contribution in [3.05, 3.63) is 17.7 Å². The van der Waals surface area contributed by atoms with Gasteiger partial charge >= 0.3 is 0 Å². The van der Waals surface area contributed by atoms with Gasteiger partial charge in [0.2, 0.25) is 6.79 Å². The third-order valence-electron chi connectivity index (χ3n) is 2.77. The molecule has 86 valence electrons. The van der Waals surface area contributed by atoms with Gasteiger partial charge in [0.1, 0.15) is 12.5 Å². The second-order valence-corrected chi connectivity index (χ2v) is 3.86. The predicted molar refractivity (Wildman–Crippen MR) is 55.6 cm³/mol. The molecule has 0 fully saturated rings. The molecule has 16 heavy (non-hydrogen) atoms. The summed E-state index contributed by atoms with van der Waals surface area (Å²) in [5.74, 6) is 2.36. The standard InChI is InChI=1S/C11H13NO4/c13-2-1-12-5-8-3-10-11(16-7-15-10)4-9(8)14-6-12/h3-4,13H,1-2,5-7H2. The quantitative estimate of drug-likeness (QED) is 0.794. The van der Waals surface area contributed by atoms with E-state index in [1.807, 2.05) is 17.0 Å². The van der Waals surface area contributed by atoms with E-state index in [0.29, 0.717) is 13.3 Å². The fourth-order valence-electron chi connectivity index (χ4n) is 1.96. The van der Waals surface area contributed by atoms with Crippen LogP contribution >= 0.6 is 0 Å². The normalized spacial score (nSPS) is 18.1. The van der Waals surface area contributed by atoms with Crippen molar-refractivity contribution in [1.29, 1.82) is 0 Å². The summed E-state index contributed by atoms with van der Waals surface area (Å²) in [6.07, 6.45) is 0. The fraction of sp³-hybridized carbons (Fsp3) is 0.455. The molecule has 0 radical (unpaired) electrons. The van der Waals surface area contributed by atoms with E-state index >= 15 is 0 Å². The van der Waals surface area contributed by atoms with Gasteiger partial charge in [0.15, 0.2) is 11.5 Å². The minimum absolute atomic E-state index is 0.142. The zero-order valence-electron chi connectivity index (χ0n) is 8.81. The Labute approximate surface area is 93.1 Å². The molecule has 0 aromatic heterocycles. The summed E-state index contributed by atoms with van der Waals surface area (Å²) in [5, 5.41) is 8.88. The second kappa shape index (κ2) is 3.84. The minimum Gasteiger partial charge on any atom is -0.478 e. The topological polar surface area (TPSA) is 51.2 Å². The second-order valence-electron chi connectivity index (χ2n) is 3.86. The Balaban J connectivity index is 1.87.